The molecule has 0 aromatic heterocycles. The topological polar surface area (TPSA) is 47.7 Å². The lowest BCUT2D eigenvalue weighted by Gasteiger charge is -2.32. The SMILES string of the molecule is CC.CCOc1ccc(Cl)cc1CN1CCOC(CN)C1. The van der Waals surface area contributed by atoms with E-state index in [9.17, 15) is 0 Å². The quantitative estimate of drug-likeness (QED) is 0.908. The third kappa shape index (κ3) is 5.83. The second kappa shape index (κ2) is 10.0. The summed E-state index contributed by atoms with van der Waals surface area (Å²) < 4.78 is 11.2. The van der Waals surface area contributed by atoms with Gasteiger partial charge in [-0.3, -0.25) is 4.90 Å². The van der Waals surface area contributed by atoms with Crippen LogP contribution in [-0.2, 0) is 11.3 Å². The first-order valence-electron chi connectivity index (χ1n) is 7.68. The van der Waals surface area contributed by atoms with E-state index in [-0.39, 0.29) is 6.10 Å². The van der Waals surface area contributed by atoms with E-state index in [2.05, 4.69) is 4.90 Å². The van der Waals surface area contributed by atoms with E-state index in [0.29, 0.717) is 13.2 Å². The zero-order valence-electron chi connectivity index (χ0n) is 13.3. The highest BCUT2D eigenvalue weighted by Gasteiger charge is 2.20. The van der Waals surface area contributed by atoms with Crippen LogP contribution in [0, 0.1) is 0 Å². The molecule has 120 valence electrons. The first-order valence-corrected chi connectivity index (χ1v) is 8.06. The summed E-state index contributed by atoms with van der Waals surface area (Å²) in [4.78, 5) is 2.33. The van der Waals surface area contributed by atoms with Gasteiger partial charge in [-0.25, -0.2) is 0 Å². The van der Waals surface area contributed by atoms with Crippen molar-refractivity contribution in [2.45, 2.75) is 33.4 Å². The monoisotopic (exact) mass is 314 g/mol. The lowest BCUT2D eigenvalue weighted by atomic mass is 10.1. The van der Waals surface area contributed by atoms with Gasteiger partial charge in [-0.15, -0.1) is 0 Å². The van der Waals surface area contributed by atoms with Crippen molar-refractivity contribution >= 4 is 11.6 Å². The molecule has 1 saturated heterocycles. The molecule has 1 atom stereocenters. The Labute approximate surface area is 133 Å². The van der Waals surface area contributed by atoms with E-state index in [4.69, 9.17) is 26.8 Å². The molecule has 1 aliphatic rings. The van der Waals surface area contributed by atoms with E-state index in [1.807, 2.05) is 39.0 Å². The Morgan fingerprint density at radius 3 is 2.86 bits per heavy atom. The van der Waals surface area contributed by atoms with E-state index in [1.54, 1.807) is 0 Å². The average molecular weight is 315 g/mol. The van der Waals surface area contributed by atoms with Crippen molar-refractivity contribution in [1.29, 1.82) is 0 Å². The molecule has 0 radical (unpaired) electrons. The van der Waals surface area contributed by atoms with Crippen LogP contribution in [0.2, 0.25) is 5.02 Å². The highest BCUT2D eigenvalue weighted by molar-refractivity contribution is 6.30. The Morgan fingerprint density at radius 1 is 1.43 bits per heavy atom. The summed E-state index contributed by atoms with van der Waals surface area (Å²) in [5.41, 5.74) is 6.78. The Balaban J connectivity index is 0.00000106. The molecule has 1 aromatic rings. The third-order valence-corrected chi connectivity index (χ3v) is 3.44. The van der Waals surface area contributed by atoms with Crippen LogP contribution in [0.4, 0.5) is 0 Å². The molecule has 21 heavy (non-hydrogen) atoms. The van der Waals surface area contributed by atoms with Crippen molar-refractivity contribution in [2.75, 3.05) is 32.8 Å². The van der Waals surface area contributed by atoms with E-state index in [0.717, 1.165) is 42.6 Å². The first kappa shape index (κ1) is 18.2. The molecule has 0 saturated carbocycles. The molecule has 1 unspecified atom stereocenters. The number of halogens is 1. The van der Waals surface area contributed by atoms with Crippen LogP contribution in [0.5, 0.6) is 5.75 Å². The Bertz CT molecular complexity index is 415. The summed E-state index contributed by atoms with van der Waals surface area (Å²) in [5.74, 6) is 0.905. The van der Waals surface area contributed by atoms with Crippen LogP contribution >= 0.6 is 11.6 Å². The van der Waals surface area contributed by atoms with Gasteiger partial charge in [0.25, 0.3) is 0 Å². The summed E-state index contributed by atoms with van der Waals surface area (Å²) >= 11 is 6.07. The van der Waals surface area contributed by atoms with Crippen LogP contribution in [0.3, 0.4) is 0 Å². The third-order valence-electron chi connectivity index (χ3n) is 3.20. The van der Waals surface area contributed by atoms with Crippen LogP contribution in [0.1, 0.15) is 26.3 Å². The smallest absolute Gasteiger partial charge is 0.123 e. The summed E-state index contributed by atoms with van der Waals surface area (Å²) in [6, 6.07) is 5.76. The van der Waals surface area contributed by atoms with Crippen LogP contribution in [0.25, 0.3) is 0 Å². The van der Waals surface area contributed by atoms with Crippen LogP contribution in [0.15, 0.2) is 18.2 Å². The highest BCUT2D eigenvalue weighted by atomic mass is 35.5. The molecular formula is C16H27ClN2O2. The molecule has 1 heterocycles. The van der Waals surface area contributed by atoms with Crippen molar-refractivity contribution in [1.82, 2.24) is 4.90 Å². The maximum atomic E-state index is 6.07. The maximum absolute atomic E-state index is 6.07. The van der Waals surface area contributed by atoms with Gasteiger partial charge >= 0.3 is 0 Å². The lowest BCUT2D eigenvalue weighted by Crippen LogP contribution is -2.45. The molecular weight excluding hydrogens is 288 g/mol. The number of nitrogens with zero attached hydrogens (tertiary/aromatic N) is 1. The van der Waals surface area contributed by atoms with Gasteiger partial charge in [-0.05, 0) is 25.1 Å². The predicted octanol–water partition coefficient (Wildman–Crippen LogP) is 2.92. The summed E-state index contributed by atoms with van der Waals surface area (Å²) in [6.45, 7) is 10.5. The predicted molar refractivity (Wildman–Crippen MR) is 88.0 cm³/mol. The number of hydrogen-bond donors (Lipinski definition) is 1. The van der Waals surface area contributed by atoms with Gasteiger partial charge in [0, 0.05) is 36.8 Å². The number of ether oxygens (including phenoxy) is 2. The first-order chi connectivity index (χ1) is 10.2. The van der Waals surface area contributed by atoms with Gasteiger partial charge in [0.05, 0.1) is 19.3 Å². The van der Waals surface area contributed by atoms with Crippen LogP contribution in [-0.4, -0.2) is 43.9 Å². The molecule has 2 rings (SSSR count). The Morgan fingerprint density at radius 2 is 2.19 bits per heavy atom. The second-order valence-electron chi connectivity index (χ2n) is 4.65. The van der Waals surface area contributed by atoms with Gasteiger partial charge in [-0.2, -0.15) is 0 Å². The van der Waals surface area contributed by atoms with Crippen molar-refractivity contribution in [3.05, 3.63) is 28.8 Å². The number of nitrogens with two attached hydrogens (primary N) is 1. The molecule has 0 spiro atoms. The van der Waals surface area contributed by atoms with Crippen LogP contribution < -0.4 is 10.5 Å². The summed E-state index contributed by atoms with van der Waals surface area (Å²) in [7, 11) is 0. The number of morpholine rings is 1. The normalized spacial score (nSPS) is 18.8. The van der Waals surface area contributed by atoms with Gasteiger partial charge < -0.3 is 15.2 Å². The van der Waals surface area contributed by atoms with Crippen molar-refractivity contribution in [3.63, 3.8) is 0 Å². The number of hydrogen-bond acceptors (Lipinski definition) is 4. The fraction of sp³-hybridized carbons (Fsp3) is 0.625. The summed E-state index contributed by atoms with van der Waals surface area (Å²) in [5, 5.41) is 0.738. The molecule has 1 aromatic carbocycles. The molecule has 2 N–H and O–H groups in total. The zero-order chi connectivity index (χ0) is 15.7. The van der Waals surface area contributed by atoms with Crippen molar-refractivity contribution in [2.24, 2.45) is 5.73 Å². The van der Waals surface area contributed by atoms with E-state index < -0.39 is 0 Å². The fourth-order valence-corrected chi connectivity index (χ4v) is 2.47. The molecule has 0 aliphatic carbocycles. The molecule has 1 aliphatic heterocycles. The zero-order valence-corrected chi connectivity index (χ0v) is 14.0. The van der Waals surface area contributed by atoms with E-state index in [1.165, 1.54) is 0 Å². The molecule has 4 nitrogen and oxygen atoms in total. The largest absolute Gasteiger partial charge is 0.494 e. The Kier molecular flexibility index (Phi) is 8.69. The minimum Gasteiger partial charge on any atom is -0.494 e. The van der Waals surface area contributed by atoms with Gasteiger partial charge in [0.1, 0.15) is 5.75 Å². The molecule has 5 heteroatoms. The average Bonchev–Trinajstić information content (AvgIpc) is 2.52. The van der Waals surface area contributed by atoms with E-state index >= 15 is 0 Å². The molecule has 0 amide bonds. The number of benzene rings is 1. The minimum absolute atomic E-state index is 0.128. The van der Waals surface area contributed by atoms with Gasteiger partial charge in [0.15, 0.2) is 0 Å². The van der Waals surface area contributed by atoms with Crippen molar-refractivity contribution < 1.29 is 9.47 Å². The summed E-state index contributed by atoms with van der Waals surface area (Å²) in [6.07, 6.45) is 0.128. The standard InChI is InChI=1S/C14H21ClN2O2.C2H6/c1-2-18-14-4-3-12(15)7-11(14)9-17-5-6-19-13(8-16)10-17;1-2/h3-4,7,13H,2,5-6,8-10,16H2,1H3;1-2H3. The maximum Gasteiger partial charge on any atom is 0.123 e. The number of rotatable bonds is 5. The second-order valence-corrected chi connectivity index (χ2v) is 5.09. The fourth-order valence-electron chi connectivity index (χ4n) is 2.28. The Hall–Kier alpha value is -0.810. The molecule has 0 bridgehead atoms. The minimum atomic E-state index is 0.128. The van der Waals surface area contributed by atoms with Gasteiger partial charge in [0.2, 0.25) is 0 Å². The van der Waals surface area contributed by atoms with Gasteiger partial charge in [-0.1, -0.05) is 25.4 Å². The molecule has 1 fully saturated rings. The highest BCUT2D eigenvalue weighted by Crippen LogP contribution is 2.25. The van der Waals surface area contributed by atoms with Crippen molar-refractivity contribution in [3.8, 4) is 5.75 Å². The lowest BCUT2D eigenvalue weighted by molar-refractivity contribution is -0.0262.